The maximum atomic E-state index is 12.1. The Morgan fingerprint density at radius 3 is 2.50 bits per heavy atom. The Morgan fingerprint density at radius 2 is 1.82 bits per heavy atom. The lowest BCUT2D eigenvalue weighted by atomic mass is 9.95. The number of unbranched alkanes of at least 4 members (excludes halogenated alkanes) is 7. The lowest BCUT2D eigenvalue weighted by molar-refractivity contribution is -0.131. The van der Waals surface area contributed by atoms with Gasteiger partial charge < -0.3 is 16.4 Å². The monoisotopic (exact) mass is 311 g/mol. The Kier molecular flexibility index (Phi) is 9.87. The van der Waals surface area contributed by atoms with Crippen molar-refractivity contribution in [3.8, 4) is 0 Å². The molecule has 5 nitrogen and oxygen atoms in total. The number of nitrogens with two attached hydrogens (primary N) is 1. The highest BCUT2D eigenvalue weighted by Gasteiger charge is 2.31. The van der Waals surface area contributed by atoms with E-state index >= 15 is 0 Å². The second-order valence-corrected chi connectivity index (χ2v) is 6.33. The molecule has 128 valence electrons. The van der Waals surface area contributed by atoms with Gasteiger partial charge in [-0.25, -0.2) is 0 Å². The van der Waals surface area contributed by atoms with Crippen molar-refractivity contribution < 1.29 is 9.59 Å². The quantitative estimate of drug-likeness (QED) is 0.540. The fourth-order valence-corrected chi connectivity index (χ4v) is 2.91. The highest BCUT2D eigenvalue weighted by Crippen LogP contribution is 2.14. The predicted octanol–water partition coefficient (Wildman–Crippen LogP) is 2.10. The van der Waals surface area contributed by atoms with Crippen LogP contribution >= 0.6 is 0 Å². The second kappa shape index (κ2) is 11.5. The third kappa shape index (κ3) is 7.25. The zero-order chi connectivity index (χ0) is 16.2. The van der Waals surface area contributed by atoms with Crippen molar-refractivity contribution in [3.05, 3.63) is 0 Å². The van der Waals surface area contributed by atoms with Crippen LogP contribution in [0.1, 0.15) is 71.1 Å². The van der Waals surface area contributed by atoms with Gasteiger partial charge in [-0.1, -0.05) is 51.9 Å². The van der Waals surface area contributed by atoms with Gasteiger partial charge in [-0.05, 0) is 19.3 Å². The number of hydrogen-bond donors (Lipinski definition) is 3. The summed E-state index contributed by atoms with van der Waals surface area (Å²) < 4.78 is 0. The molecule has 1 heterocycles. The molecule has 5 heteroatoms. The fraction of sp³-hybridized carbons (Fsp3) is 0.882. The molecule has 0 saturated carbocycles. The molecule has 1 rings (SSSR count). The van der Waals surface area contributed by atoms with Crippen LogP contribution in [0.15, 0.2) is 0 Å². The summed E-state index contributed by atoms with van der Waals surface area (Å²) >= 11 is 0. The maximum absolute atomic E-state index is 12.1. The molecule has 0 aromatic heterocycles. The van der Waals surface area contributed by atoms with E-state index in [4.69, 9.17) is 5.73 Å². The van der Waals surface area contributed by atoms with E-state index in [2.05, 4.69) is 17.6 Å². The first-order chi connectivity index (χ1) is 10.7. The van der Waals surface area contributed by atoms with Crippen LogP contribution in [0.3, 0.4) is 0 Å². The fourth-order valence-electron chi connectivity index (χ4n) is 2.91. The average molecular weight is 311 g/mol. The van der Waals surface area contributed by atoms with Crippen LogP contribution < -0.4 is 16.4 Å². The normalized spacial score (nSPS) is 22.0. The van der Waals surface area contributed by atoms with E-state index in [-0.39, 0.29) is 17.7 Å². The third-order valence-electron chi connectivity index (χ3n) is 4.39. The molecular formula is C17H33N3O2. The van der Waals surface area contributed by atoms with E-state index in [9.17, 15) is 9.59 Å². The Balaban J connectivity index is 2.08. The summed E-state index contributed by atoms with van der Waals surface area (Å²) in [5.41, 5.74) is 5.86. The minimum Gasteiger partial charge on any atom is -0.356 e. The highest BCUT2D eigenvalue weighted by molar-refractivity contribution is 5.90. The summed E-state index contributed by atoms with van der Waals surface area (Å²) in [6, 6.07) is -0.707. The van der Waals surface area contributed by atoms with Crippen LogP contribution in [0.4, 0.5) is 0 Å². The minimum absolute atomic E-state index is 0.0625. The van der Waals surface area contributed by atoms with Crippen molar-refractivity contribution in [2.75, 3.05) is 13.1 Å². The lowest BCUT2D eigenvalue weighted by Gasteiger charge is -2.19. The molecule has 1 aliphatic rings. The van der Waals surface area contributed by atoms with Gasteiger partial charge in [0, 0.05) is 13.1 Å². The van der Waals surface area contributed by atoms with Gasteiger partial charge in [-0.3, -0.25) is 9.59 Å². The van der Waals surface area contributed by atoms with E-state index in [0.29, 0.717) is 19.5 Å². The molecule has 22 heavy (non-hydrogen) atoms. The molecule has 1 aliphatic heterocycles. The third-order valence-corrected chi connectivity index (χ3v) is 4.39. The molecule has 1 fully saturated rings. The van der Waals surface area contributed by atoms with Crippen LogP contribution in [0.25, 0.3) is 0 Å². The van der Waals surface area contributed by atoms with Crippen molar-refractivity contribution in [1.29, 1.82) is 0 Å². The molecule has 0 bridgehead atoms. The van der Waals surface area contributed by atoms with Crippen LogP contribution in [0, 0.1) is 5.92 Å². The van der Waals surface area contributed by atoms with Gasteiger partial charge in [0.15, 0.2) is 0 Å². The molecule has 0 aromatic carbocycles. The average Bonchev–Trinajstić information content (AvgIpc) is 2.68. The highest BCUT2D eigenvalue weighted by atomic mass is 16.2. The van der Waals surface area contributed by atoms with Crippen molar-refractivity contribution in [2.24, 2.45) is 11.7 Å². The maximum Gasteiger partial charge on any atom is 0.237 e. The molecule has 1 saturated heterocycles. The standard InChI is InChI=1S/C17H33N3O2/c1-2-3-4-5-6-7-8-9-12-19-16(21)14-11-10-13-20-17(22)15(14)18/h14-15H,2-13,18H2,1H3,(H,19,21)(H,20,22)/t14?,15-/m0/s1. The lowest BCUT2D eigenvalue weighted by Crippen LogP contribution is -2.48. The number of carbonyl (C=O) groups excluding carboxylic acids is 2. The van der Waals surface area contributed by atoms with Crippen LogP contribution in [0.2, 0.25) is 0 Å². The Hall–Kier alpha value is -1.10. The molecule has 0 aromatic rings. The van der Waals surface area contributed by atoms with E-state index in [1.165, 1.54) is 38.5 Å². The Morgan fingerprint density at radius 1 is 1.18 bits per heavy atom. The number of hydrogen-bond acceptors (Lipinski definition) is 3. The summed E-state index contributed by atoms with van der Waals surface area (Å²) in [7, 11) is 0. The number of nitrogens with one attached hydrogen (secondary N) is 2. The van der Waals surface area contributed by atoms with Crippen molar-refractivity contribution in [1.82, 2.24) is 10.6 Å². The van der Waals surface area contributed by atoms with Gasteiger partial charge in [0.25, 0.3) is 0 Å². The summed E-state index contributed by atoms with van der Waals surface area (Å²) in [5.74, 6) is -0.645. The molecule has 2 atom stereocenters. The van der Waals surface area contributed by atoms with Crippen molar-refractivity contribution >= 4 is 11.8 Å². The summed E-state index contributed by atoms with van der Waals surface area (Å²) in [5, 5.41) is 5.68. The number of amides is 2. The van der Waals surface area contributed by atoms with E-state index in [0.717, 1.165) is 19.3 Å². The van der Waals surface area contributed by atoms with E-state index in [1.807, 2.05) is 0 Å². The van der Waals surface area contributed by atoms with Crippen molar-refractivity contribution in [3.63, 3.8) is 0 Å². The topological polar surface area (TPSA) is 84.2 Å². The second-order valence-electron chi connectivity index (χ2n) is 6.33. The van der Waals surface area contributed by atoms with Gasteiger partial charge in [-0.15, -0.1) is 0 Å². The number of carbonyl (C=O) groups is 2. The molecule has 2 amide bonds. The van der Waals surface area contributed by atoms with Crippen LogP contribution in [-0.4, -0.2) is 30.9 Å². The van der Waals surface area contributed by atoms with Crippen LogP contribution in [0.5, 0.6) is 0 Å². The molecule has 0 aliphatic carbocycles. The predicted molar refractivity (Wildman–Crippen MR) is 89.3 cm³/mol. The van der Waals surface area contributed by atoms with E-state index < -0.39 is 6.04 Å². The summed E-state index contributed by atoms with van der Waals surface area (Å²) in [4.78, 5) is 23.8. The largest absolute Gasteiger partial charge is 0.356 e. The molecule has 1 unspecified atom stereocenters. The zero-order valence-electron chi connectivity index (χ0n) is 14.0. The van der Waals surface area contributed by atoms with Crippen molar-refractivity contribution in [2.45, 2.75) is 77.2 Å². The number of rotatable bonds is 10. The van der Waals surface area contributed by atoms with Gasteiger partial charge in [0.2, 0.25) is 11.8 Å². The molecule has 0 spiro atoms. The molecular weight excluding hydrogens is 278 g/mol. The SMILES string of the molecule is CCCCCCCCCCNC(=O)C1CCCNC(=O)[C@H]1N. The summed E-state index contributed by atoms with van der Waals surface area (Å²) in [6.45, 7) is 3.54. The summed E-state index contributed by atoms with van der Waals surface area (Å²) in [6.07, 6.45) is 11.5. The molecule has 0 radical (unpaired) electrons. The van der Waals surface area contributed by atoms with Gasteiger partial charge in [-0.2, -0.15) is 0 Å². The molecule has 4 N–H and O–H groups in total. The first-order valence-electron chi connectivity index (χ1n) is 8.97. The van der Waals surface area contributed by atoms with E-state index in [1.54, 1.807) is 0 Å². The van der Waals surface area contributed by atoms with Gasteiger partial charge >= 0.3 is 0 Å². The first kappa shape index (κ1) is 18.9. The van der Waals surface area contributed by atoms with Gasteiger partial charge in [0.1, 0.15) is 0 Å². The Labute approximate surface area is 134 Å². The smallest absolute Gasteiger partial charge is 0.237 e. The first-order valence-corrected chi connectivity index (χ1v) is 8.97. The zero-order valence-corrected chi connectivity index (χ0v) is 14.0. The minimum atomic E-state index is -0.707. The van der Waals surface area contributed by atoms with Gasteiger partial charge in [0.05, 0.1) is 12.0 Å². The van der Waals surface area contributed by atoms with Crippen LogP contribution in [-0.2, 0) is 9.59 Å². The Bertz CT molecular complexity index is 334.